The molecule has 2 aromatic carbocycles. The highest BCUT2D eigenvalue weighted by Gasteiger charge is 2.44. The van der Waals surface area contributed by atoms with Crippen molar-refractivity contribution in [2.45, 2.75) is 72.4 Å². The van der Waals surface area contributed by atoms with Crippen LogP contribution < -0.4 is 9.64 Å². The van der Waals surface area contributed by atoms with E-state index in [1.165, 1.54) is 6.07 Å². The molecule has 1 unspecified atom stereocenters. The van der Waals surface area contributed by atoms with E-state index >= 15 is 4.39 Å². The third-order valence-corrected chi connectivity index (χ3v) is 9.68. The molecule has 3 aromatic rings. The average Bonchev–Trinajstić information content (AvgIpc) is 3.82. The molecule has 9 nitrogen and oxygen atoms in total. The lowest BCUT2D eigenvalue weighted by molar-refractivity contribution is -0.0123. The fraction of sp³-hybridized carbons (Fsp3) is 0.513. The van der Waals surface area contributed by atoms with E-state index in [2.05, 4.69) is 23.9 Å². The van der Waals surface area contributed by atoms with Crippen LogP contribution in [-0.4, -0.2) is 96.0 Å². The first-order valence-corrected chi connectivity index (χ1v) is 17.4. The van der Waals surface area contributed by atoms with Crippen LogP contribution in [0.3, 0.4) is 0 Å². The van der Waals surface area contributed by atoms with Crippen LogP contribution in [0.2, 0.25) is 0 Å². The molecule has 262 valence electrons. The van der Waals surface area contributed by atoms with Crippen molar-refractivity contribution < 1.29 is 24.1 Å². The second kappa shape index (κ2) is 13.5. The van der Waals surface area contributed by atoms with Crippen molar-refractivity contribution >= 4 is 39.0 Å². The Balaban J connectivity index is 1.65. The molecule has 49 heavy (non-hydrogen) atoms. The minimum Gasteiger partial charge on any atom is -0.508 e. The number of hydrogen-bond donors (Lipinski definition) is 2. The van der Waals surface area contributed by atoms with E-state index in [1.807, 2.05) is 40.7 Å². The fourth-order valence-corrected chi connectivity index (χ4v) is 7.43. The maximum atomic E-state index is 15.4. The molecule has 2 N–H and O–H groups in total. The number of phenols is 1. The van der Waals surface area contributed by atoms with Crippen LogP contribution in [0.25, 0.3) is 27.5 Å². The molecule has 6 rings (SSSR count). The predicted molar refractivity (Wildman–Crippen MR) is 195 cm³/mol. The van der Waals surface area contributed by atoms with Gasteiger partial charge in [0.1, 0.15) is 23.0 Å². The molecule has 3 aliphatic rings. The summed E-state index contributed by atoms with van der Waals surface area (Å²) in [6.45, 7) is 14.6. The van der Waals surface area contributed by atoms with E-state index in [0.717, 1.165) is 58.2 Å². The van der Waals surface area contributed by atoms with E-state index in [-0.39, 0.29) is 35.6 Å². The SMILES string of the molecule is C/C=C1\C(=NC(C)C)C(c2cc(O)cc3ccc(F)c(CC)c23)=C(C)c2nc(OCC3(CN(C)C)CC3)nc(N3CCOCC(C)(O)C3)c21. The number of hydrogen-bond acceptors (Lipinski definition) is 9. The van der Waals surface area contributed by atoms with Crippen molar-refractivity contribution in [3.8, 4) is 11.8 Å². The standard InChI is InChI=1S/C39H50FN5O4/c1-9-27-30(40)12-11-25-17-26(46)18-29(32(25)27)31-24(5)34-33(28(10-2)35(31)41-23(3)4)36(45-15-16-48-21-38(6,47)19-45)43-37(42-34)49-22-39(13-14-39)20-44(7)8/h10-12,17-18,23,46-47H,9,13-16,19-22H2,1-8H3/b28-10-,41-35?. The van der Waals surface area contributed by atoms with Crippen LogP contribution >= 0.6 is 0 Å². The average molecular weight is 672 g/mol. The summed E-state index contributed by atoms with van der Waals surface area (Å²) in [5, 5.41) is 23.8. The molecule has 10 heteroatoms. The normalized spacial score (nSPS) is 22.4. The molecule has 2 heterocycles. The van der Waals surface area contributed by atoms with Gasteiger partial charge in [0.2, 0.25) is 0 Å². The van der Waals surface area contributed by atoms with E-state index < -0.39 is 5.60 Å². The summed E-state index contributed by atoms with van der Waals surface area (Å²) in [6.07, 6.45) is 4.66. The van der Waals surface area contributed by atoms with Gasteiger partial charge in [-0.15, -0.1) is 0 Å². The van der Waals surface area contributed by atoms with Crippen molar-refractivity contribution in [3.05, 3.63) is 58.5 Å². The maximum absolute atomic E-state index is 15.4. The molecule has 1 saturated heterocycles. The molecule has 0 radical (unpaired) electrons. The van der Waals surface area contributed by atoms with Gasteiger partial charge < -0.3 is 29.5 Å². The first-order valence-electron chi connectivity index (χ1n) is 17.4. The van der Waals surface area contributed by atoms with Gasteiger partial charge in [0.05, 0.1) is 43.3 Å². The van der Waals surface area contributed by atoms with Gasteiger partial charge in [-0.25, -0.2) is 4.39 Å². The summed E-state index contributed by atoms with van der Waals surface area (Å²) >= 11 is 0. The van der Waals surface area contributed by atoms with Crippen molar-refractivity contribution in [2.24, 2.45) is 10.4 Å². The van der Waals surface area contributed by atoms with Gasteiger partial charge in [0.15, 0.2) is 0 Å². The van der Waals surface area contributed by atoms with Crippen LogP contribution in [0, 0.1) is 11.2 Å². The molecule has 1 aliphatic heterocycles. The predicted octanol–water partition coefficient (Wildman–Crippen LogP) is 6.54. The van der Waals surface area contributed by atoms with Crippen molar-refractivity contribution in [2.75, 3.05) is 58.5 Å². The quantitative estimate of drug-likeness (QED) is 0.264. The largest absolute Gasteiger partial charge is 0.508 e. The number of nitrogens with zero attached hydrogens (tertiary/aromatic N) is 5. The highest BCUT2D eigenvalue weighted by atomic mass is 19.1. The Kier molecular flexibility index (Phi) is 9.61. The van der Waals surface area contributed by atoms with Gasteiger partial charge in [-0.3, -0.25) is 4.99 Å². The number of benzene rings is 2. The summed E-state index contributed by atoms with van der Waals surface area (Å²) in [4.78, 5) is 19.6. The molecule has 1 saturated carbocycles. The second-order valence-corrected chi connectivity index (χ2v) is 14.8. The molecular formula is C39H50FN5O4. The molecule has 0 bridgehead atoms. The Labute approximate surface area is 289 Å². The molecular weight excluding hydrogens is 621 g/mol. The van der Waals surface area contributed by atoms with E-state index in [9.17, 15) is 10.2 Å². The number of aliphatic hydroxyl groups is 1. The summed E-state index contributed by atoms with van der Waals surface area (Å²) in [6, 6.07) is 6.77. The number of halogens is 1. The lowest BCUT2D eigenvalue weighted by Gasteiger charge is -2.34. The van der Waals surface area contributed by atoms with Gasteiger partial charge in [0.25, 0.3) is 0 Å². The van der Waals surface area contributed by atoms with Crippen LogP contribution in [0.15, 0.2) is 35.3 Å². The molecule has 0 amide bonds. The highest BCUT2D eigenvalue weighted by Crippen LogP contribution is 2.49. The Bertz CT molecular complexity index is 1860. The fourth-order valence-electron chi connectivity index (χ4n) is 7.43. The van der Waals surface area contributed by atoms with E-state index in [4.69, 9.17) is 24.4 Å². The summed E-state index contributed by atoms with van der Waals surface area (Å²) < 4.78 is 27.7. The van der Waals surface area contributed by atoms with Gasteiger partial charge in [-0.05, 0) is 114 Å². The zero-order chi connectivity index (χ0) is 35.2. The number of ether oxygens (including phenoxy) is 2. The minimum absolute atomic E-state index is 0.0613. The summed E-state index contributed by atoms with van der Waals surface area (Å²) in [5.41, 5.74) is 4.87. The Hall–Kier alpha value is -3.86. The number of aromatic hydroxyl groups is 1. The number of anilines is 1. The van der Waals surface area contributed by atoms with Crippen LogP contribution in [0.1, 0.15) is 76.8 Å². The number of rotatable bonds is 9. The third kappa shape index (κ3) is 6.96. The molecule has 2 aliphatic carbocycles. The maximum Gasteiger partial charge on any atom is 0.318 e. The topological polar surface area (TPSA) is 104 Å². The zero-order valence-electron chi connectivity index (χ0n) is 30.2. The Morgan fingerprint density at radius 1 is 1.20 bits per heavy atom. The number of β-amino-alcohol motifs (C(OH)–C–C–N with tert-alkyl or cyclic N) is 1. The Morgan fingerprint density at radius 2 is 1.96 bits per heavy atom. The summed E-state index contributed by atoms with van der Waals surface area (Å²) in [7, 11) is 4.15. The number of fused-ring (bicyclic) bond motifs is 2. The molecule has 0 spiro atoms. The van der Waals surface area contributed by atoms with E-state index in [1.54, 1.807) is 25.1 Å². The monoisotopic (exact) mass is 671 g/mol. The number of phenolic OH excluding ortho intramolecular Hbond substituents is 1. The van der Waals surface area contributed by atoms with Gasteiger partial charge in [0, 0.05) is 35.7 Å². The Morgan fingerprint density at radius 3 is 2.61 bits per heavy atom. The van der Waals surface area contributed by atoms with Crippen molar-refractivity contribution in [1.29, 1.82) is 0 Å². The van der Waals surface area contributed by atoms with Gasteiger partial charge >= 0.3 is 6.01 Å². The van der Waals surface area contributed by atoms with Crippen LogP contribution in [0.4, 0.5) is 10.2 Å². The number of aromatic nitrogens is 2. The van der Waals surface area contributed by atoms with E-state index in [0.29, 0.717) is 55.4 Å². The number of aryl methyl sites for hydroxylation is 1. The van der Waals surface area contributed by atoms with Crippen molar-refractivity contribution in [3.63, 3.8) is 0 Å². The number of aliphatic imine (C=N–C) groups is 1. The highest BCUT2D eigenvalue weighted by molar-refractivity contribution is 6.51. The number of allylic oxidation sites excluding steroid dienone is 4. The van der Waals surface area contributed by atoms with Crippen LogP contribution in [-0.2, 0) is 11.2 Å². The van der Waals surface area contributed by atoms with Gasteiger partial charge in [-0.1, -0.05) is 19.1 Å². The van der Waals surface area contributed by atoms with Gasteiger partial charge in [-0.2, -0.15) is 9.97 Å². The second-order valence-electron chi connectivity index (χ2n) is 14.8. The molecule has 2 fully saturated rings. The molecule has 1 atom stereocenters. The first kappa shape index (κ1) is 35.0. The summed E-state index contributed by atoms with van der Waals surface area (Å²) in [5.74, 6) is 0.447. The molecule has 1 aromatic heterocycles. The lowest BCUT2D eigenvalue weighted by Crippen LogP contribution is -2.42. The lowest BCUT2D eigenvalue weighted by atomic mass is 9.78. The minimum atomic E-state index is -1.10. The van der Waals surface area contributed by atoms with Crippen LogP contribution in [0.5, 0.6) is 11.8 Å². The third-order valence-electron chi connectivity index (χ3n) is 9.68. The van der Waals surface area contributed by atoms with Crippen molar-refractivity contribution in [1.82, 2.24) is 14.9 Å². The zero-order valence-corrected chi connectivity index (χ0v) is 30.2. The first-order chi connectivity index (χ1) is 23.3. The smallest absolute Gasteiger partial charge is 0.318 e.